The fraction of sp³-hybridized carbons (Fsp3) is 0.167. The topological polar surface area (TPSA) is 89.4 Å². The van der Waals surface area contributed by atoms with Crippen LogP contribution in [0.2, 0.25) is 0 Å². The van der Waals surface area contributed by atoms with Crippen molar-refractivity contribution >= 4 is 11.4 Å². The highest BCUT2D eigenvalue weighted by Gasteiger charge is 2.22. The van der Waals surface area contributed by atoms with Gasteiger partial charge in [0.15, 0.2) is 0 Å². The first-order valence-electron chi connectivity index (χ1n) is 8.07. The Bertz CT molecular complexity index is 1070. The molecule has 0 bridgehead atoms. The van der Waals surface area contributed by atoms with E-state index in [0.29, 0.717) is 28.6 Å². The Balaban J connectivity index is 1.56. The van der Waals surface area contributed by atoms with Crippen LogP contribution in [0.25, 0.3) is 17.0 Å². The highest BCUT2D eigenvalue weighted by molar-refractivity contribution is 6.01. The SMILES string of the molecule is Cc1nn2ncccc2c1C(=O)N(C)Cc1nnc(-c2ccccc2)o1. The molecule has 1 amide bonds. The second kappa shape index (κ2) is 6.40. The molecule has 0 unspecified atom stereocenters. The number of carbonyl (C=O) groups is 1. The summed E-state index contributed by atoms with van der Waals surface area (Å²) in [6, 6.07) is 13.1. The zero-order valence-corrected chi connectivity index (χ0v) is 14.3. The lowest BCUT2D eigenvalue weighted by atomic mass is 10.2. The number of rotatable bonds is 4. The molecule has 3 aromatic heterocycles. The molecule has 8 heteroatoms. The van der Waals surface area contributed by atoms with E-state index in [4.69, 9.17) is 4.42 Å². The molecule has 4 rings (SSSR count). The summed E-state index contributed by atoms with van der Waals surface area (Å²) in [6.45, 7) is 1.99. The van der Waals surface area contributed by atoms with E-state index < -0.39 is 0 Å². The van der Waals surface area contributed by atoms with Crippen LogP contribution in [0.5, 0.6) is 0 Å². The first-order chi connectivity index (χ1) is 12.6. The quantitative estimate of drug-likeness (QED) is 0.562. The second-order valence-corrected chi connectivity index (χ2v) is 5.89. The third kappa shape index (κ3) is 2.81. The number of hydrogen-bond acceptors (Lipinski definition) is 6. The molecular formula is C18H16N6O2. The average Bonchev–Trinajstić information content (AvgIpc) is 3.25. The Kier molecular flexibility index (Phi) is 3.92. The molecule has 0 saturated carbocycles. The molecule has 0 radical (unpaired) electrons. The van der Waals surface area contributed by atoms with Gasteiger partial charge in [-0.25, -0.2) is 0 Å². The van der Waals surface area contributed by atoms with Gasteiger partial charge in [0.05, 0.1) is 17.8 Å². The maximum atomic E-state index is 12.9. The van der Waals surface area contributed by atoms with Crippen LogP contribution in [0.3, 0.4) is 0 Å². The van der Waals surface area contributed by atoms with Crippen molar-refractivity contribution in [2.75, 3.05) is 7.05 Å². The molecule has 0 aliphatic heterocycles. The summed E-state index contributed by atoms with van der Waals surface area (Å²) >= 11 is 0. The van der Waals surface area contributed by atoms with Crippen LogP contribution >= 0.6 is 0 Å². The minimum Gasteiger partial charge on any atom is -0.419 e. The van der Waals surface area contributed by atoms with Gasteiger partial charge in [-0.05, 0) is 31.2 Å². The second-order valence-electron chi connectivity index (χ2n) is 5.89. The van der Waals surface area contributed by atoms with Crippen molar-refractivity contribution in [2.24, 2.45) is 0 Å². The fourth-order valence-electron chi connectivity index (χ4n) is 2.75. The van der Waals surface area contributed by atoms with Gasteiger partial charge in [0.2, 0.25) is 11.8 Å². The summed E-state index contributed by atoms with van der Waals surface area (Å²) in [5.41, 5.74) is 2.64. The van der Waals surface area contributed by atoms with Crippen molar-refractivity contribution in [1.29, 1.82) is 0 Å². The Morgan fingerprint density at radius 1 is 1.15 bits per heavy atom. The monoisotopic (exact) mass is 348 g/mol. The van der Waals surface area contributed by atoms with Gasteiger partial charge in [-0.15, -0.1) is 10.2 Å². The summed E-state index contributed by atoms with van der Waals surface area (Å²) < 4.78 is 7.13. The molecule has 0 aliphatic carbocycles. The maximum Gasteiger partial charge on any atom is 0.258 e. The maximum absolute atomic E-state index is 12.9. The van der Waals surface area contributed by atoms with Gasteiger partial charge in [-0.1, -0.05) is 18.2 Å². The number of benzene rings is 1. The van der Waals surface area contributed by atoms with Crippen molar-refractivity contribution in [3.8, 4) is 11.5 Å². The third-order valence-electron chi connectivity index (χ3n) is 4.01. The van der Waals surface area contributed by atoms with Crippen LogP contribution in [-0.4, -0.2) is 42.9 Å². The van der Waals surface area contributed by atoms with E-state index in [-0.39, 0.29) is 12.5 Å². The lowest BCUT2D eigenvalue weighted by Gasteiger charge is -2.14. The van der Waals surface area contributed by atoms with Gasteiger partial charge in [-0.3, -0.25) is 4.79 Å². The highest BCUT2D eigenvalue weighted by atomic mass is 16.4. The minimum absolute atomic E-state index is 0.176. The summed E-state index contributed by atoms with van der Waals surface area (Å²) in [6.07, 6.45) is 1.63. The highest BCUT2D eigenvalue weighted by Crippen LogP contribution is 2.19. The lowest BCUT2D eigenvalue weighted by Crippen LogP contribution is -2.26. The molecule has 4 aromatic rings. The van der Waals surface area contributed by atoms with Crippen molar-refractivity contribution in [1.82, 2.24) is 29.9 Å². The molecule has 0 aliphatic rings. The van der Waals surface area contributed by atoms with E-state index in [0.717, 1.165) is 5.56 Å². The number of carbonyl (C=O) groups excluding carboxylic acids is 1. The normalized spacial score (nSPS) is 11.0. The van der Waals surface area contributed by atoms with Crippen LogP contribution in [0, 0.1) is 6.92 Å². The summed E-state index contributed by atoms with van der Waals surface area (Å²) in [7, 11) is 1.69. The smallest absolute Gasteiger partial charge is 0.258 e. The standard InChI is InChI=1S/C18H16N6O2/c1-12-16(14-9-6-10-19-24(14)22-12)18(25)23(2)11-15-20-21-17(26-15)13-7-4-3-5-8-13/h3-10H,11H2,1-2H3. The van der Waals surface area contributed by atoms with Gasteiger partial charge < -0.3 is 9.32 Å². The van der Waals surface area contributed by atoms with Crippen LogP contribution in [0.1, 0.15) is 21.9 Å². The molecule has 0 N–H and O–H groups in total. The van der Waals surface area contributed by atoms with Crippen molar-refractivity contribution in [3.05, 3.63) is 65.8 Å². The minimum atomic E-state index is -0.176. The van der Waals surface area contributed by atoms with E-state index in [2.05, 4.69) is 20.4 Å². The lowest BCUT2D eigenvalue weighted by molar-refractivity contribution is 0.0774. The number of fused-ring (bicyclic) bond motifs is 1. The van der Waals surface area contributed by atoms with E-state index in [1.165, 1.54) is 9.53 Å². The molecule has 0 atom stereocenters. The first kappa shape index (κ1) is 15.9. The predicted molar refractivity (Wildman–Crippen MR) is 93.3 cm³/mol. The number of nitrogens with zero attached hydrogens (tertiary/aromatic N) is 6. The van der Waals surface area contributed by atoms with Gasteiger partial charge >= 0.3 is 0 Å². The molecule has 8 nitrogen and oxygen atoms in total. The van der Waals surface area contributed by atoms with Gasteiger partial charge in [0.1, 0.15) is 5.52 Å². The van der Waals surface area contributed by atoms with E-state index >= 15 is 0 Å². The zero-order valence-electron chi connectivity index (χ0n) is 14.3. The van der Waals surface area contributed by atoms with Crippen LogP contribution < -0.4 is 0 Å². The Morgan fingerprint density at radius 3 is 2.77 bits per heavy atom. The molecule has 3 heterocycles. The average molecular weight is 348 g/mol. The van der Waals surface area contributed by atoms with Crippen molar-refractivity contribution in [3.63, 3.8) is 0 Å². The summed E-state index contributed by atoms with van der Waals surface area (Å²) in [5, 5.41) is 16.5. The molecule has 0 saturated heterocycles. The summed E-state index contributed by atoms with van der Waals surface area (Å²) in [5.74, 6) is 0.620. The predicted octanol–water partition coefficient (Wildman–Crippen LogP) is 2.36. The van der Waals surface area contributed by atoms with E-state index in [9.17, 15) is 4.79 Å². The fourth-order valence-corrected chi connectivity index (χ4v) is 2.75. The number of aryl methyl sites for hydroxylation is 1. The third-order valence-corrected chi connectivity index (χ3v) is 4.01. The van der Waals surface area contributed by atoms with Gasteiger partial charge in [0.25, 0.3) is 5.91 Å². The molecule has 0 spiro atoms. The van der Waals surface area contributed by atoms with Crippen LogP contribution in [-0.2, 0) is 6.54 Å². The largest absolute Gasteiger partial charge is 0.419 e. The van der Waals surface area contributed by atoms with Crippen molar-refractivity contribution < 1.29 is 9.21 Å². The molecule has 130 valence electrons. The van der Waals surface area contributed by atoms with Gasteiger partial charge in [-0.2, -0.15) is 14.8 Å². The van der Waals surface area contributed by atoms with E-state index in [1.807, 2.05) is 36.4 Å². The zero-order chi connectivity index (χ0) is 18.1. The molecule has 1 aromatic carbocycles. The molecule has 0 fully saturated rings. The number of aromatic nitrogens is 5. The van der Waals surface area contributed by atoms with E-state index in [1.54, 1.807) is 26.2 Å². The molecule has 26 heavy (non-hydrogen) atoms. The van der Waals surface area contributed by atoms with Crippen LogP contribution in [0.4, 0.5) is 0 Å². The molecular weight excluding hydrogens is 332 g/mol. The van der Waals surface area contributed by atoms with Gasteiger partial charge in [0, 0.05) is 18.8 Å². The van der Waals surface area contributed by atoms with Crippen LogP contribution in [0.15, 0.2) is 53.1 Å². The Hall–Kier alpha value is -3.55. The first-order valence-corrected chi connectivity index (χ1v) is 8.07. The Morgan fingerprint density at radius 2 is 1.96 bits per heavy atom. The Labute approximate surface area is 149 Å². The summed E-state index contributed by atoms with van der Waals surface area (Å²) in [4.78, 5) is 14.4. The number of hydrogen-bond donors (Lipinski definition) is 0. The van der Waals surface area contributed by atoms with Crippen molar-refractivity contribution in [2.45, 2.75) is 13.5 Å². The number of amides is 1.